The van der Waals surface area contributed by atoms with Gasteiger partial charge in [0.05, 0.1) is 23.6 Å². The van der Waals surface area contributed by atoms with Crippen LogP contribution in [-0.4, -0.2) is 50.5 Å². The van der Waals surface area contributed by atoms with Crippen LogP contribution in [0, 0.1) is 23.7 Å². The van der Waals surface area contributed by atoms with E-state index in [1.165, 1.54) is 11.1 Å². The van der Waals surface area contributed by atoms with Gasteiger partial charge in [-0.25, -0.2) is 13.1 Å². The van der Waals surface area contributed by atoms with Crippen molar-refractivity contribution in [2.45, 2.75) is 101 Å². The molecule has 3 aliphatic carbocycles. The van der Waals surface area contributed by atoms with Crippen LogP contribution >= 0.6 is 11.6 Å². The maximum atomic E-state index is 13.7. The summed E-state index contributed by atoms with van der Waals surface area (Å²) in [5, 5.41) is 11.2. The van der Waals surface area contributed by atoms with E-state index in [-0.39, 0.29) is 28.7 Å². The molecule has 0 saturated heterocycles. The summed E-state index contributed by atoms with van der Waals surface area (Å²) in [5.41, 5.74) is 3.31. The zero-order chi connectivity index (χ0) is 34.8. The summed E-state index contributed by atoms with van der Waals surface area (Å²) < 4.78 is 36.5. The Labute approximate surface area is 298 Å². The number of carbonyl (C=O) groups excluding carboxylic acids is 1. The maximum Gasteiger partial charge on any atom is 0.264 e. The van der Waals surface area contributed by atoms with Crippen LogP contribution in [0.2, 0.25) is 5.02 Å². The van der Waals surface area contributed by atoms with E-state index < -0.39 is 27.3 Å². The summed E-state index contributed by atoms with van der Waals surface area (Å²) in [6.07, 6.45) is 15.4. The second-order valence-corrected chi connectivity index (χ2v) is 17.5. The minimum atomic E-state index is -3.93. The fourth-order valence-electron chi connectivity index (χ4n) is 8.38. The Hall–Kier alpha value is -2.81. The van der Waals surface area contributed by atoms with Gasteiger partial charge in [-0.3, -0.25) is 4.79 Å². The second-order valence-electron chi connectivity index (χ2n) is 15.2. The molecule has 1 amide bonds. The van der Waals surface area contributed by atoms with Gasteiger partial charge in [0.1, 0.15) is 5.75 Å². The normalized spacial score (nSPS) is 25.3. The number of halogens is 1. The van der Waals surface area contributed by atoms with Crippen LogP contribution in [0.4, 0.5) is 5.69 Å². The number of fused-ring (bicyclic) bond motifs is 3. The Bertz CT molecular complexity index is 1660. The fourth-order valence-corrected chi connectivity index (χ4v) is 10.4. The van der Waals surface area contributed by atoms with Crippen molar-refractivity contribution in [1.29, 1.82) is 0 Å². The lowest BCUT2D eigenvalue weighted by Crippen LogP contribution is -2.49. The number of allylic oxidation sites excluding steroid dienone is 2. The number of unbranched alkanes of at least 4 members (excludes halogenated alkanes) is 1. The number of rotatable bonds is 14. The van der Waals surface area contributed by atoms with Crippen LogP contribution in [0.3, 0.4) is 0 Å². The van der Waals surface area contributed by atoms with E-state index in [1.807, 2.05) is 25.1 Å². The molecule has 2 aromatic rings. The van der Waals surface area contributed by atoms with Crippen molar-refractivity contribution in [3.8, 4) is 5.75 Å². The molecule has 1 spiro atoms. The lowest BCUT2D eigenvalue weighted by atomic mass is 9.68. The molecule has 266 valence electrons. The van der Waals surface area contributed by atoms with Gasteiger partial charge in [0.15, 0.2) is 0 Å². The summed E-state index contributed by atoms with van der Waals surface area (Å²) in [7, 11) is -3.93. The number of anilines is 1. The Morgan fingerprint density at radius 1 is 1.20 bits per heavy atom. The lowest BCUT2D eigenvalue weighted by molar-refractivity contribution is 0.0456. The number of aliphatic hydroxyl groups excluding tert-OH is 1. The second kappa shape index (κ2) is 15.2. The highest BCUT2D eigenvalue weighted by Gasteiger charge is 2.44. The number of aryl methyl sites for hydroxylation is 1. The summed E-state index contributed by atoms with van der Waals surface area (Å²) in [6.45, 7) is 9.75. The topological polar surface area (TPSA) is 95.9 Å². The molecule has 7 nitrogen and oxygen atoms in total. The number of carbonyl (C=O) groups is 1. The van der Waals surface area contributed by atoms with Crippen LogP contribution in [0.1, 0.15) is 99.5 Å². The number of ether oxygens (including phenoxy) is 1. The average molecular weight is 709 g/mol. The van der Waals surface area contributed by atoms with Gasteiger partial charge in [0.2, 0.25) is 10.0 Å². The van der Waals surface area contributed by atoms with Gasteiger partial charge in [-0.1, -0.05) is 69.0 Å². The van der Waals surface area contributed by atoms with E-state index in [4.69, 9.17) is 16.3 Å². The predicted molar refractivity (Wildman–Crippen MR) is 198 cm³/mol. The molecule has 6 rings (SSSR count). The molecule has 2 fully saturated rings. The molecule has 2 N–H and O–H groups in total. The van der Waals surface area contributed by atoms with Crippen molar-refractivity contribution in [1.82, 2.24) is 4.72 Å². The van der Waals surface area contributed by atoms with Gasteiger partial charge in [0, 0.05) is 29.1 Å². The minimum absolute atomic E-state index is 0.147. The van der Waals surface area contributed by atoms with Crippen molar-refractivity contribution in [3.05, 3.63) is 82.9 Å². The van der Waals surface area contributed by atoms with Gasteiger partial charge in [-0.05, 0) is 116 Å². The number of benzene rings is 2. The predicted octanol–water partition coefficient (Wildman–Crippen LogP) is 8.00. The number of aliphatic hydroxyl groups is 1. The van der Waals surface area contributed by atoms with Crippen molar-refractivity contribution in [3.63, 3.8) is 0 Å². The third-order valence-electron chi connectivity index (χ3n) is 11.5. The summed E-state index contributed by atoms with van der Waals surface area (Å²) in [4.78, 5) is 16.1. The third-order valence-corrected chi connectivity index (χ3v) is 13.7. The van der Waals surface area contributed by atoms with Crippen molar-refractivity contribution < 1.29 is 23.1 Å². The zero-order valence-corrected chi connectivity index (χ0v) is 30.7. The van der Waals surface area contributed by atoms with E-state index >= 15 is 0 Å². The quantitative estimate of drug-likeness (QED) is 0.193. The van der Waals surface area contributed by atoms with Gasteiger partial charge in [-0.15, -0.1) is 6.58 Å². The summed E-state index contributed by atoms with van der Waals surface area (Å²) in [6, 6.07) is 11.5. The molecule has 2 aromatic carbocycles. The van der Waals surface area contributed by atoms with E-state index in [1.54, 1.807) is 18.2 Å². The van der Waals surface area contributed by atoms with E-state index in [9.17, 15) is 18.3 Å². The van der Waals surface area contributed by atoms with Crippen LogP contribution < -0.4 is 14.4 Å². The number of amides is 1. The number of sulfonamides is 1. The Kier molecular flexibility index (Phi) is 11.2. The minimum Gasteiger partial charge on any atom is -0.490 e. The third kappa shape index (κ3) is 8.07. The highest BCUT2D eigenvalue weighted by molar-refractivity contribution is 7.90. The molecule has 0 aromatic heterocycles. The monoisotopic (exact) mass is 708 g/mol. The first-order valence-electron chi connectivity index (χ1n) is 18.4. The number of nitrogens with zero attached hydrogens (tertiary/aromatic N) is 1. The van der Waals surface area contributed by atoms with Crippen LogP contribution in [0.25, 0.3) is 0 Å². The number of hydrogen-bond donors (Lipinski definition) is 2. The average Bonchev–Trinajstić information content (AvgIpc) is 3.89. The highest BCUT2D eigenvalue weighted by atomic mass is 35.5. The molecule has 0 radical (unpaired) electrons. The van der Waals surface area contributed by atoms with Crippen molar-refractivity contribution >= 4 is 33.2 Å². The van der Waals surface area contributed by atoms with Gasteiger partial charge >= 0.3 is 0 Å². The van der Waals surface area contributed by atoms with Crippen LogP contribution in [0.5, 0.6) is 5.75 Å². The van der Waals surface area contributed by atoms with Gasteiger partial charge < -0.3 is 14.7 Å². The Morgan fingerprint density at radius 3 is 2.73 bits per heavy atom. The first kappa shape index (κ1) is 36.0. The van der Waals surface area contributed by atoms with E-state index in [0.717, 1.165) is 68.5 Å². The molecule has 0 unspecified atom stereocenters. The van der Waals surface area contributed by atoms with Crippen LogP contribution in [0.15, 0.2) is 61.2 Å². The highest BCUT2D eigenvalue weighted by Crippen LogP contribution is 2.47. The summed E-state index contributed by atoms with van der Waals surface area (Å²) >= 11 is 6.44. The van der Waals surface area contributed by atoms with Crippen molar-refractivity contribution in [2.24, 2.45) is 23.7 Å². The smallest absolute Gasteiger partial charge is 0.264 e. The molecule has 0 bridgehead atoms. The van der Waals surface area contributed by atoms with Crippen molar-refractivity contribution in [2.75, 3.05) is 24.6 Å². The number of nitrogens with one attached hydrogen (secondary N) is 1. The van der Waals surface area contributed by atoms with Gasteiger partial charge in [0.25, 0.3) is 5.91 Å². The standard InChI is InChI=1S/C40H53ClN2O5S/c1-4-6-7-11-36(44)33-17-14-31(33)24-43-25-40(20-8-10-29-22-32(41)16-18-34(29)40)26-48-37-19-15-30(23-35(37)43)39(45)42-49(46,47)38(21-28-12-13-28)27(3)9-5-2/h5,7,11,15-16,18-19,22-23,27-28,31,33,36,38,44H,2,4,6,8-10,12-14,17,20-21,24-26H2,1,3H3,(H,42,45)/b11-7+/t27-,31-,33+,36-,38-,40-/m0/s1. The first-order valence-corrected chi connectivity index (χ1v) is 20.3. The summed E-state index contributed by atoms with van der Waals surface area (Å²) in [5.74, 6) is 0.737. The van der Waals surface area contributed by atoms with Gasteiger partial charge in [-0.2, -0.15) is 0 Å². The molecule has 49 heavy (non-hydrogen) atoms. The maximum absolute atomic E-state index is 13.7. The first-order chi connectivity index (χ1) is 23.5. The number of hydrogen-bond acceptors (Lipinski definition) is 6. The Balaban J connectivity index is 1.30. The molecular weight excluding hydrogens is 656 g/mol. The van der Waals surface area contributed by atoms with E-state index in [0.29, 0.717) is 44.2 Å². The SMILES string of the molecule is C=CC[C@H](C)[C@H](CC1CC1)S(=O)(=O)NC(=O)c1ccc2c(c1)N(C[C@@H]1CC[C@H]1[C@@H](O)/C=C/CCC)C[C@@]1(CCCc3cc(Cl)ccc31)CO2. The molecule has 4 aliphatic rings. The fraction of sp³-hybridized carbons (Fsp3) is 0.575. The molecule has 2 saturated carbocycles. The molecule has 1 aliphatic heterocycles. The molecule has 1 heterocycles. The largest absolute Gasteiger partial charge is 0.490 e. The zero-order valence-electron chi connectivity index (χ0n) is 29.1. The van der Waals surface area contributed by atoms with Crippen LogP contribution in [-0.2, 0) is 21.9 Å². The molecule has 6 atom stereocenters. The lowest BCUT2D eigenvalue weighted by Gasteiger charge is -2.45. The molecule has 9 heteroatoms. The Morgan fingerprint density at radius 2 is 2.02 bits per heavy atom. The van der Waals surface area contributed by atoms with E-state index in [2.05, 4.69) is 41.3 Å². The molecular formula is C40H53ClN2O5S.